The van der Waals surface area contributed by atoms with E-state index in [-0.39, 0.29) is 24.2 Å². The van der Waals surface area contributed by atoms with Gasteiger partial charge < -0.3 is 9.64 Å². The zero-order chi connectivity index (χ0) is 16.2. The molecule has 4 nitrogen and oxygen atoms in total. The second kappa shape index (κ2) is 6.77. The van der Waals surface area contributed by atoms with Crippen LogP contribution in [-0.2, 0) is 11.2 Å². The first kappa shape index (κ1) is 15.5. The van der Waals surface area contributed by atoms with Gasteiger partial charge in [-0.25, -0.2) is 9.37 Å². The maximum Gasteiger partial charge on any atom is 0.227 e. The molecule has 1 aromatic heterocycles. The predicted molar refractivity (Wildman–Crippen MR) is 84.7 cm³/mol. The molecule has 120 valence electrons. The van der Waals surface area contributed by atoms with Crippen molar-refractivity contribution in [1.29, 1.82) is 0 Å². The summed E-state index contributed by atoms with van der Waals surface area (Å²) in [5, 5.41) is 0. The summed E-state index contributed by atoms with van der Waals surface area (Å²) in [4.78, 5) is 18.4. The molecule has 1 aliphatic rings. The van der Waals surface area contributed by atoms with E-state index in [9.17, 15) is 9.18 Å². The fourth-order valence-corrected chi connectivity index (χ4v) is 2.69. The smallest absolute Gasteiger partial charge is 0.227 e. The maximum absolute atomic E-state index is 12.9. The topological polar surface area (TPSA) is 42.4 Å². The van der Waals surface area contributed by atoms with Crippen molar-refractivity contribution in [3.8, 4) is 5.88 Å². The molecule has 0 bridgehead atoms. The van der Waals surface area contributed by atoms with Gasteiger partial charge in [-0.1, -0.05) is 18.2 Å². The van der Waals surface area contributed by atoms with Crippen LogP contribution in [0, 0.1) is 12.7 Å². The average Bonchev–Trinajstić information content (AvgIpc) is 2.98. The molecule has 1 aliphatic heterocycles. The molecule has 1 aromatic carbocycles. The van der Waals surface area contributed by atoms with Gasteiger partial charge >= 0.3 is 0 Å². The lowest BCUT2D eigenvalue weighted by Crippen LogP contribution is -2.32. The van der Waals surface area contributed by atoms with Crippen molar-refractivity contribution in [2.75, 3.05) is 13.1 Å². The highest BCUT2D eigenvalue weighted by Crippen LogP contribution is 2.18. The first-order chi connectivity index (χ1) is 11.1. The Morgan fingerprint density at radius 2 is 2.09 bits per heavy atom. The van der Waals surface area contributed by atoms with Crippen LogP contribution in [-0.4, -0.2) is 35.0 Å². The van der Waals surface area contributed by atoms with E-state index in [1.165, 1.54) is 12.1 Å². The Morgan fingerprint density at radius 3 is 2.83 bits per heavy atom. The lowest BCUT2D eigenvalue weighted by Gasteiger charge is -2.17. The van der Waals surface area contributed by atoms with Crippen molar-refractivity contribution in [3.05, 3.63) is 59.5 Å². The van der Waals surface area contributed by atoms with Gasteiger partial charge in [-0.2, -0.15) is 0 Å². The van der Waals surface area contributed by atoms with Crippen LogP contribution < -0.4 is 4.74 Å². The molecule has 1 atom stereocenters. The molecule has 1 unspecified atom stereocenters. The number of amides is 1. The largest absolute Gasteiger partial charge is 0.472 e. The number of hydrogen-bond donors (Lipinski definition) is 0. The molecule has 3 rings (SSSR count). The van der Waals surface area contributed by atoms with Gasteiger partial charge in [-0.3, -0.25) is 4.79 Å². The Labute approximate surface area is 134 Å². The van der Waals surface area contributed by atoms with Gasteiger partial charge in [-0.05, 0) is 30.7 Å². The van der Waals surface area contributed by atoms with Crippen LogP contribution in [0.15, 0.2) is 42.5 Å². The summed E-state index contributed by atoms with van der Waals surface area (Å²) in [5.74, 6) is 0.351. The number of aryl methyl sites for hydroxylation is 1. The van der Waals surface area contributed by atoms with Gasteiger partial charge in [0.05, 0.1) is 13.0 Å². The Hall–Kier alpha value is -2.43. The molecule has 0 spiro atoms. The molecule has 1 saturated heterocycles. The lowest BCUT2D eigenvalue weighted by atomic mass is 10.1. The molecular weight excluding hydrogens is 295 g/mol. The monoisotopic (exact) mass is 314 g/mol. The van der Waals surface area contributed by atoms with Crippen molar-refractivity contribution >= 4 is 5.91 Å². The molecule has 0 aliphatic carbocycles. The predicted octanol–water partition coefficient (Wildman–Crippen LogP) is 2.75. The van der Waals surface area contributed by atoms with E-state index in [4.69, 9.17) is 4.74 Å². The van der Waals surface area contributed by atoms with Gasteiger partial charge in [0.1, 0.15) is 11.9 Å². The Balaban J connectivity index is 1.54. The van der Waals surface area contributed by atoms with Crippen molar-refractivity contribution < 1.29 is 13.9 Å². The van der Waals surface area contributed by atoms with Crippen LogP contribution in [0.25, 0.3) is 0 Å². The normalized spacial score (nSPS) is 17.3. The summed E-state index contributed by atoms with van der Waals surface area (Å²) in [6.07, 6.45) is 1.06. The number of likely N-dealkylation sites (tertiary alicyclic amines) is 1. The molecule has 2 heterocycles. The van der Waals surface area contributed by atoms with E-state index in [1.54, 1.807) is 17.0 Å². The van der Waals surface area contributed by atoms with Crippen LogP contribution in [0.2, 0.25) is 0 Å². The summed E-state index contributed by atoms with van der Waals surface area (Å²) in [6, 6.07) is 11.7. The fraction of sp³-hybridized carbons (Fsp3) is 0.333. The Morgan fingerprint density at radius 1 is 1.30 bits per heavy atom. The van der Waals surface area contributed by atoms with E-state index >= 15 is 0 Å². The summed E-state index contributed by atoms with van der Waals surface area (Å²) in [7, 11) is 0. The molecule has 5 heteroatoms. The van der Waals surface area contributed by atoms with E-state index in [0.29, 0.717) is 19.0 Å². The zero-order valence-corrected chi connectivity index (χ0v) is 13.0. The SMILES string of the molecule is Cc1cccc(OC2CCN(C(=O)Cc3ccc(F)cc3)C2)n1. The van der Waals surface area contributed by atoms with Crippen LogP contribution in [0.5, 0.6) is 5.88 Å². The van der Waals surface area contributed by atoms with Crippen LogP contribution in [0.3, 0.4) is 0 Å². The van der Waals surface area contributed by atoms with E-state index in [1.807, 2.05) is 25.1 Å². The maximum atomic E-state index is 12.9. The Bertz CT molecular complexity index is 688. The summed E-state index contributed by atoms with van der Waals surface area (Å²) < 4.78 is 18.7. The van der Waals surface area contributed by atoms with Crippen LogP contribution in [0.4, 0.5) is 4.39 Å². The summed E-state index contributed by atoms with van der Waals surface area (Å²) in [5.41, 5.74) is 1.73. The highest BCUT2D eigenvalue weighted by molar-refractivity contribution is 5.79. The number of rotatable bonds is 4. The van der Waals surface area contributed by atoms with Gasteiger partial charge in [0.25, 0.3) is 0 Å². The fourth-order valence-electron chi connectivity index (χ4n) is 2.69. The molecule has 2 aromatic rings. The van der Waals surface area contributed by atoms with Crippen molar-refractivity contribution in [1.82, 2.24) is 9.88 Å². The number of carbonyl (C=O) groups excluding carboxylic acids is 1. The standard InChI is InChI=1S/C18H19FN2O2/c1-13-3-2-4-17(20-13)23-16-9-10-21(12-16)18(22)11-14-5-7-15(19)8-6-14/h2-8,16H,9-12H2,1H3. The number of nitrogens with zero attached hydrogens (tertiary/aromatic N) is 2. The van der Waals surface area contributed by atoms with Gasteiger partial charge in [0.2, 0.25) is 11.8 Å². The lowest BCUT2D eigenvalue weighted by molar-refractivity contribution is -0.129. The zero-order valence-electron chi connectivity index (χ0n) is 13.0. The second-order valence-electron chi connectivity index (χ2n) is 5.79. The number of carbonyl (C=O) groups is 1. The minimum atomic E-state index is -0.290. The van der Waals surface area contributed by atoms with E-state index < -0.39 is 0 Å². The molecular formula is C18H19FN2O2. The first-order valence-corrected chi connectivity index (χ1v) is 7.73. The van der Waals surface area contributed by atoms with Crippen molar-refractivity contribution in [2.24, 2.45) is 0 Å². The number of hydrogen-bond acceptors (Lipinski definition) is 3. The van der Waals surface area contributed by atoms with E-state index in [0.717, 1.165) is 17.7 Å². The summed E-state index contributed by atoms with van der Waals surface area (Å²) in [6.45, 7) is 3.16. The third-order valence-corrected chi connectivity index (χ3v) is 3.92. The number of ether oxygens (including phenoxy) is 1. The molecule has 1 fully saturated rings. The van der Waals surface area contributed by atoms with Gasteiger partial charge in [0.15, 0.2) is 0 Å². The van der Waals surface area contributed by atoms with Crippen LogP contribution >= 0.6 is 0 Å². The minimum Gasteiger partial charge on any atom is -0.472 e. The number of aromatic nitrogens is 1. The molecule has 23 heavy (non-hydrogen) atoms. The Kier molecular flexibility index (Phi) is 4.55. The summed E-state index contributed by atoms with van der Waals surface area (Å²) >= 11 is 0. The highest BCUT2D eigenvalue weighted by atomic mass is 19.1. The van der Waals surface area contributed by atoms with E-state index in [2.05, 4.69) is 4.98 Å². The van der Waals surface area contributed by atoms with Crippen molar-refractivity contribution in [3.63, 3.8) is 0 Å². The molecule has 1 amide bonds. The third kappa shape index (κ3) is 4.06. The van der Waals surface area contributed by atoms with Gasteiger partial charge in [0, 0.05) is 24.7 Å². The number of halogens is 1. The number of pyridine rings is 1. The number of benzene rings is 1. The first-order valence-electron chi connectivity index (χ1n) is 7.73. The molecule has 0 N–H and O–H groups in total. The molecule has 0 saturated carbocycles. The van der Waals surface area contributed by atoms with Gasteiger partial charge in [-0.15, -0.1) is 0 Å². The third-order valence-electron chi connectivity index (χ3n) is 3.92. The average molecular weight is 314 g/mol. The minimum absolute atomic E-state index is 0.0264. The van der Waals surface area contributed by atoms with Crippen LogP contribution in [0.1, 0.15) is 17.7 Å². The quantitative estimate of drug-likeness (QED) is 0.871. The second-order valence-corrected chi connectivity index (χ2v) is 5.79. The molecule has 0 radical (unpaired) electrons. The van der Waals surface area contributed by atoms with Crippen molar-refractivity contribution in [2.45, 2.75) is 25.9 Å². The highest BCUT2D eigenvalue weighted by Gasteiger charge is 2.27.